The van der Waals surface area contributed by atoms with Gasteiger partial charge in [0.1, 0.15) is 6.33 Å². The first-order valence-corrected chi connectivity index (χ1v) is 7.22. The maximum Gasteiger partial charge on any atom is 0.115 e. The molecule has 1 unspecified atom stereocenters. The molecule has 1 atom stereocenters. The van der Waals surface area contributed by atoms with Gasteiger partial charge in [-0.1, -0.05) is 15.9 Å². The van der Waals surface area contributed by atoms with Crippen molar-refractivity contribution < 1.29 is 0 Å². The van der Waals surface area contributed by atoms with Crippen molar-refractivity contribution in [3.05, 3.63) is 23.3 Å². The minimum Gasteiger partial charge on any atom is -0.241 e. The molecule has 0 radical (unpaired) electrons. The highest BCUT2D eigenvalue weighted by Crippen LogP contribution is 2.38. The predicted molar refractivity (Wildman–Crippen MR) is 67.8 cm³/mol. The predicted octanol–water partition coefficient (Wildman–Crippen LogP) is 3.07. The highest BCUT2D eigenvalue weighted by atomic mass is 79.9. The molecular formula is C13H17BrN2. The topological polar surface area (TPSA) is 25.8 Å². The van der Waals surface area contributed by atoms with E-state index in [1.807, 2.05) is 0 Å². The van der Waals surface area contributed by atoms with Gasteiger partial charge >= 0.3 is 0 Å². The molecule has 16 heavy (non-hydrogen) atoms. The van der Waals surface area contributed by atoms with Gasteiger partial charge in [-0.05, 0) is 50.0 Å². The Labute approximate surface area is 105 Å². The standard InChI is InChI=1S/C13H17BrN2/c14-11(9-5-6-9)7-13-10-3-1-2-4-12(10)15-8-16-13/h8-9,11H,1-7H2. The maximum absolute atomic E-state index is 4.50. The minimum absolute atomic E-state index is 0.633. The third-order valence-electron chi connectivity index (χ3n) is 3.74. The molecule has 1 aromatic rings. The monoisotopic (exact) mass is 280 g/mol. The van der Waals surface area contributed by atoms with Gasteiger partial charge in [0.05, 0.1) is 0 Å². The van der Waals surface area contributed by atoms with Crippen molar-refractivity contribution in [3.63, 3.8) is 0 Å². The van der Waals surface area contributed by atoms with Crippen LogP contribution < -0.4 is 0 Å². The largest absolute Gasteiger partial charge is 0.241 e. The van der Waals surface area contributed by atoms with Crippen molar-refractivity contribution >= 4 is 15.9 Å². The summed E-state index contributed by atoms with van der Waals surface area (Å²) in [5.74, 6) is 0.897. The van der Waals surface area contributed by atoms with Crippen LogP contribution in [-0.4, -0.2) is 14.8 Å². The Kier molecular flexibility index (Phi) is 2.97. The number of halogens is 1. The normalized spacial score (nSPS) is 21.6. The molecule has 0 aliphatic heterocycles. The molecule has 0 amide bonds. The lowest BCUT2D eigenvalue weighted by Crippen LogP contribution is -2.14. The number of fused-ring (bicyclic) bond motifs is 1. The van der Waals surface area contributed by atoms with Gasteiger partial charge in [0.15, 0.2) is 0 Å². The highest BCUT2D eigenvalue weighted by Gasteiger charge is 2.30. The molecule has 0 aromatic carbocycles. The summed E-state index contributed by atoms with van der Waals surface area (Å²) < 4.78 is 0. The smallest absolute Gasteiger partial charge is 0.115 e. The number of hydrogen-bond acceptors (Lipinski definition) is 2. The lowest BCUT2D eigenvalue weighted by Gasteiger charge is -2.18. The van der Waals surface area contributed by atoms with Crippen LogP contribution in [0.1, 0.15) is 42.6 Å². The van der Waals surface area contributed by atoms with E-state index < -0.39 is 0 Å². The van der Waals surface area contributed by atoms with E-state index in [4.69, 9.17) is 0 Å². The van der Waals surface area contributed by atoms with Crippen LogP contribution in [-0.2, 0) is 19.3 Å². The molecule has 1 heterocycles. The van der Waals surface area contributed by atoms with Crippen LogP contribution in [0.15, 0.2) is 6.33 Å². The van der Waals surface area contributed by atoms with Gasteiger partial charge < -0.3 is 0 Å². The Hall–Kier alpha value is -0.440. The average molecular weight is 281 g/mol. The van der Waals surface area contributed by atoms with Gasteiger partial charge in [-0.3, -0.25) is 0 Å². The zero-order chi connectivity index (χ0) is 11.0. The first kappa shape index (κ1) is 10.7. The van der Waals surface area contributed by atoms with Crippen LogP contribution in [0.4, 0.5) is 0 Å². The molecular weight excluding hydrogens is 264 g/mol. The number of aromatic nitrogens is 2. The summed E-state index contributed by atoms with van der Waals surface area (Å²) in [5.41, 5.74) is 4.07. The van der Waals surface area contributed by atoms with Crippen molar-refractivity contribution in [2.45, 2.75) is 49.8 Å². The SMILES string of the molecule is BrC(Cc1ncnc2c1CCCC2)C1CC1. The van der Waals surface area contributed by atoms with Gasteiger partial charge in [-0.15, -0.1) is 0 Å². The van der Waals surface area contributed by atoms with Crippen molar-refractivity contribution in [1.29, 1.82) is 0 Å². The second kappa shape index (κ2) is 4.44. The minimum atomic E-state index is 0.633. The number of hydrogen-bond donors (Lipinski definition) is 0. The molecule has 0 N–H and O–H groups in total. The van der Waals surface area contributed by atoms with Crippen molar-refractivity contribution in [1.82, 2.24) is 9.97 Å². The molecule has 1 saturated carbocycles. The highest BCUT2D eigenvalue weighted by molar-refractivity contribution is 9.09. The van der Waals surface area contributed by atoms with E-state index in [1.165, 1.54) is 49.1 Å². The fourth-order valence-corrected chi connectivity index (χ4v) is 3.41. The van der Waals surface area contributed by atoms with Crippen LogP contribution in [0.5, 0.6) is 0 Å². The first-order valence-electron chi connectivity index (χ1n) is 6.30. The van der Waals surface area contributed by atoms with E-state index in [0.717, 1.165) is 18.8 Å². The van der Waals surface area contributed by atoms with E-state index >= 15 is 0 Å². The Morgan fingerprint density at radius 1 is 1.25 bits per heavy atom. The number of alkyl halides is 1. The molecule has 1 aromatic heterocycles. The second-order valence-electron chi connectivity index (χ2n) is 5.01. The van der Waals surface area contributed by atoms with Gasteiger partial charge in [-0.25, -0.2) is 9.97 Å². The lowest BCUT2D eigenvalue weighted by molar-refractivity contribution is 0.641. The number of rotatable bonds is 3. The summed E-state index contributed by atoms with van der Waals surface area (Å²) in [6, 6.07) is 0. The summed E-state index contributed by atoms with van der Waals surface area (Å²) in [6.45, 7) is 0. The van der Waals surface area contributed by atoms with Gasteiger partial charge in [0.2, 0.25) is 0 Å². The van der Waals surface area contributed by atoms with Crippen molar-refractivity contribution in [2.75, 3.05) is 0 Å². The Bertz CT molecular complexity index is 388. The Balaban J connectivity index is 1.82. The molecule has 2 aliphatic rings. The molecule has 86 valence electrons. The zero-order valence-corrected chi connectivity index (χ0v) is 11.0. The number of nitrogens with zero attached hydrogens (tertiary/aromatic N) is 2. The fourth-order valence-electron chi connectivity index (χ4n) is 2.57. The Morgan fingerprint density at radius 2 is 2.06 bits per heavy atom. The van der Waals surface area contributed by atoms with E-state index in [2.05, 4.69) is 25.9 Å². The van der Waals surface area contributed by atoms with Crippen LogP contribution in [0.25, 0.3) is 0 Å². The summed E-state index contributed by atoms with van der Waals surface area (Å²) in [6.07, 6.45) is 10.6. The van der Waals surface area contributed by atoms with E-state index in [-0.39, 0.29) is 0 Å². The lowest BCUT2D eigenvalue weighted by atomic mass is 9.93. The Morgan fingerprint density at radius 3 is 2.88 bits per heavy atom. The third kappa shape index (κ3) is 2.15. The molecule has 3 heteroatoms. The maximum atomic E-state index is 4.50. The van der Waals surface area contributed by atoms with Crippen molar-refractivity contribution in [3.8, 4) is 0 Å². The van der Waals surface area contributed by atoms with Crippen LogP contribution >= 0.6 is 15.9 Å². The van der Waals surface area contributed by atoms with Crippen molar-refractivity contribution in [2.24, 2.45) is 5.92 Å². The molecule has 2 nitrogen and oxygen atoms in total. The average Bonchev–Trinajstić information content (AvgIpc) is 3.13. The summed E-state index contributed by atoms with van der Waals surface area (Å²) in [4.78, 5) is 9.56. The van der Waals surface area contributed by atoms with E-state index in [0.29, 0.717) is 4.83 Å². The molecule has 3 rings (SSSR count). The first-order chi connectivity index (χ1) is 7.84. The van der Waals surface area contributed by atoms with Gasteiger partial charge in [0.25, 0.3) is 0 Å². The van der Waals surface area contributed by atoms with Gasteiger partial charge in [0, 0.05) is 22.6 Å². The molecule has 0 saturated heterocycles. The quantitative estimate of drug-likeness (QED) is 0.796. The van der Waals surface area contributed by atoms with Crippen LogP contribution in [0.2, 0.25) is 0 Å². The van der Waals surface area contributed by atoms with E-state index in [1.54, 1.807) is 6.33 Å². The second-order valence-corrected chi connectivity index (χ2v) is 6.19. The summed E-state index contributed by atoms with van der Waals surface area (Å²) in [5, 5.41) is 0. The summed E-state index contributed by atoms with van der Waals surface area (Å²) >= 11 is 3.81. The van der Waals surface area contributed by atoms with E-state index in [9.17, 15) is 0 Å². The third-order valence-corrected chi connectivity index (χ3v) is 4.81. The molecule has 0 spiro atoms. The fraction of sp³-hybridized carbons (Fsp3) is 0.692. The molecule has 0 bridgehead atoms. The summed E-state index contributed by atoms with van der Waals surface area (Å²) in [7, 11) is 0. The molecule has 2 aliphatic carbocycles. The number of aryl methyl sites for hydroxylation is 1. The molecule has 1 fully saturated rings. The van der Waals surface area contributed by atoms with Crippen LogP contribution in [0.3, 0.4) is 0 Å². The van der Waals surface area contributed by atoms with Gasteiger partial charge in [-0.2, -0.15) is 0 Å². The van der Waals surface area contributed by atoms with Crippen LogP contribution in [0, 0.1) is 5.92 Å². The zero-order valence-electron chi connectivity index (χ0n) is 9.45.